The molecule has 0 spiro atoms. The Hall–Kier alpha value is -1.60. The molecule has 1 fully saturated rings. The zero-order valence-electron chi connectivity index (χ0n) is 11.3. The second kappa shape index (κ2) is 6.44. The van der Waals surface area contributed by atoms with Crippen molar-refractivity contribution in [2.45, 2.75) is 18.7 Å². The molecular weight excluding hydrogens is 287 g/mol. The van der Waals surface area contributed by atoms with Gasteiger partial charge in [0.1, 0.15) is 0 Å². The van der Waals surface area contributed by atoms with Crippen molar-refractivity contribution in [2.75, 3.05) is 26.2 Å². The number of ether oxygens (including phenoxy) is 1. The van der Waals surface area contributed by atoms with Gasteiger partial charge in [0, 0.05) is 19.6 Å². The molecule has 21 heavy (non-hydrogen) atoms. The van der Waals surface area contributed by atoms with Gasteiger partial charge in [0.2, 0.25) is 0 Å². The van der Waals surface area contributed by atoms with Crippen molar-refractivity contribution in [1.29, 1.82) is 0 Å². The third kappa shape index (κ3) is 4.44. The summed E-state index contributed by atoms with van der Waals surface area (Å²) in [4.78, 5) is 12.5. The van der Waals surface area contributed by atoms with Crippen LogP contribution >= 0.6 is 0 Å². The number of benzene rings is 1. The number of aliphatic carboxylic acids is 1. The van der Waals surface area contributed by atoms with E-state index in [0.29, 0.717) is 31.8 Å². The minimum absolute atomic E-state index is 0.00924. The van der Waals surface area contributed by atoms with Gasteiger partial charge in [0.05, 0.1) is 24.7 Å². The lowest BCUT2D eigenvalue weighted by Crippen LogP contribution is -2.39. The summed E-state index contributed by atoms with van der Waals surface area (Å²) in [5, 5.41) is 8.67. The molecule has 1 saturated heterocycles. The monoisotopic (exact) mass is 303 g/mol. The van der Waals surface area contributed by atoms with Crippen molar-refractivity contribution in [3.8, 4) is 0 Å². The molecule has 1 N–H and O–H groups in total. The highest BCUT2D eigenvalue weighted by atomic mass is 19.4. The highest BCUT2D eigenvalue weighted by Crippen LogP contribution is 2.32. The van der Waals surface area contributed by atoms with Gasteiger partial charge in [0.25, 0.3) is 0 Å². The molecule has 2 rings (SSSR count). The molecule has 0 bridgehead atoms. The number of rotatable bonds is 4. The number of halogens is 3. The number of carboxylic acids is 1. The first kappa shape index (κ1) is 15.8. The van der Waals surface area contributed by atoms with E-state index in [-0.39, 0.29) is 6.42 Å². The fraction of sp³-hybridized carbons (Fsp3) is 0.500. The average molecular weight is 303 g/mol. The van der Waals surface area contributed by atoms with E-state index in [2.05, 4.69) is 0 Å². The van der Waals surface area contributed by atoms with Crippen LogP contribution in [0.5, 0.6) is 0 Å². The Morgan fingerprint density at radius 3 is 2.86 bits per heavy atom. The number of alkyl halides is 3. The Kier molecular flexibility index (Phi) is 4.84. The molecule has 116 valence electrons. The van der Waals surface area contributed by atoms with Gasteiger partial charge in [-0.25, -0.2) is 0 Å². The molecule has 1 aliphatic rings. The lowest BCUT2D eigenvalue weighted by atomic mass is 10.0. The Morgan fingerprint density at radius 2 is 2.19 bits per heavy atom. The molecule has 0 amide bonds. The van der Waals surface area contributed by atoms with Gasteiger partial charge in [-0.15, -0.1) is 0 Å². The predicted molar refractivity (Wildman–Crippen MR) is 68.8 cm³/mol. The van der Waals surface area contributed by atoms with Crippen molar-refractivity contribution < 1.29 is 27.8 Å². The standard InChI is InChI=1S/C14H16F3NO3/c15-14(16,17)11-3-1-2-10(8-11)12-9-18(6-7-21-12)5-4-13(19)20/h1-3,8,12H,4-7,9H2,(H,19,20)/t12-/m1/s1. The average Bonchev–Trinajstić information content (AvgIpc) is 2.45. The molecular formula is C14H16F3NO3. The molecule has 4 nitrogen and oxygen atoms in total. The van der Waals surface area contributed by atoms with Crippen LogP contribution in [-0.2, 0) is 15.7 Å². The molecule has 0 saturated carbocycles. The normalized spacial score (nSPS) is 20.4. The van der Waals surface area contributed by atoms with Gasteiger partial charge in [0.15, 0.2) is 0 Å². The number of morpholine rings is 1. The Morgan fingerprint density at radius 1 is 1.43 bits per heavy atom. The maximum Gasteiger partial charge on any atom is 0.416 e. The van der Waals surface area contributed by atoms with Crippen LogP contribution in [0.1, 0.15) is 23.7 Å². The molecule has 0 radical (unpaired) electrons. The van der Waals surface area contributed by atoms with Crippen molar-refractivity contribution in [2.24, 2.45) is 0 Å². The zero-order chi connectivity index (χ0) is 15.5. The summed E-state index contributed by atoms with van der Waals surface area (Å²) in [6.07, 6.45) is -4.84. The quantitative estimate of drug-likeness (QED) is 0.929. The van der Waals surface area contributed by atoms with Gasteiger partial charge in [-0.05, 0) is 17.7 Å². The van der Waals surface area contributed by atoms with E-state index >= 15 is 0 Å². The summed E-state index contributed by atoms with van der Waals surface area (Å²) in [5.74, 6) is -0.892. The first-order chi connectivity index (χ1) is 9.86. The first-order valence-electron chi connectivity index (χ1n) is 6.59. The van der Waals surface area contributed by atoms with E-state index in [1.165, 1.54) is 6.07 Å². The van der Waals surface area contributed by atoms with Crippen LogP contribution in [0, 0.1) is 0 Å². The fourth-order valence-electron chi connectivity index (χ4n) is 2.28. The van der Waals surface area contributed by atoms with Crippen LogP contribution in [-0.4, -0.2) is 42.2 Å². The molecule has 1 aromatic rings. The summed E-state index contributed by atoms with van der Waals surface area (Å²) >= 11 is 0. The molecule has 0 unspecified atom stereocenters. The molecule has 1 aromatic carbocycles. The van der Waals surface area contributed by atoms with E-state index in [9.17, 15) is 18.0 Å². The van der Waals surface area contributed by atoms with Crippen LogP contribution < -0.4 is 0 Å². The fourth-order valence-corrected chi connectivity index (χ4v) is 2.28. The van der Waals surface area contributed by atoms with Gasteiger partial charge < -0.3 is 9.84 Å². The predicted octanol–water partition coefficient (Wildman–Crippen LogP) is 2.55. The lowest BCUT2D eigenvalue weighted by Gasteiger charge is -2.33. The van der Waals surface area contributed by atoms with Crippen LogP contribution in [0.2, 0.25) is 0 Å². The number of carboxylic acid groups (broad SMARTS) is 1. The third-order valence-corrected chi connectivity index (χ3v) is 3.38. The van der Waals surface area contributed by atoms with Gasteiger partial charge in [-0.2, -0.15) is 13.2 Å². The molecule has 0 aliphatic carbocycles. The summed E-state index contributed by atoms with van der Waals surface area (Å²) in [6.45, 7) is 1.73. The molecule has 7 heteroatoms. The maximum atomic E-state index is 12.7. The Bertz CT molecular complexity index is 504. The van der Waals surface area contributed by atoms with Crippen molar-refractivity contribution in [3.63, 3.8) is 0 Å². The first-order valence-corrected chi connectivity index (χ1v) is 6.59. The van der Waals surface area contributed by atoms with E-state index < -0.39 is 23.8 Å². The zero-order valence-corrected chi connectivity index (χ0v) is 11.3. The summed E-state index contributed by atoms with van der Waals surface area (Å²) in [7, 11) is 0. The third-order valence-electron chi connectivity index (χ3n) is 3.38. The topological polar surface area (TPSA) is 49.8 Å². The molecule has 1 heterocycles. The lowest BCUT2D eigenvalue weighted by molar-refractivity contribution is -0.139. The largest absolute Gasteiger partial charge is 0.481 e. The van der Waals surface area contributed by atoms with Crippen LogP contribution in [0.3, 0.4) is 0 Å². The number of hydrogen-bond donors (Lipinski definition) is 1. The van der Waals surface area contributed by atoms with E-state index in [1.54, 1.807) is 6.07 Å². The Balaban J connectivity index is 2.05. The number of nitrogens with zero attached hydrogens (tertiary/aromatic N) is 1. The van der Waals surface area contributed by atoms with Crippen LogP contribution in [0.25, 0.3) is 0 Å². The van der Waals surface area contributed by atoms with E-state index in [4.69, 9.17) is 9.84 Å². The summed E-state index contributed by atoms with van der Waals surface area (Å²) in [5.41, 5.74) is -0.240. The van der Waals surface area contributed by atoms with E-state index in [1.807, 2.05) is 4.90 Å². The molecule has 0 aromatic heterocycles. The minimum atomic E-state index is -4.38. The van der Waals surface area contributed by atoms with Crippen LogP contribution in [0.4, 0.5) is 13.2 Å². The van der Waals surface area contributed by atoms with Crippen molar-refractivity contribution in [1.82, 2.24) is 4.90 Å². The van der Waals surface area contributed by atoms with Crippen LogP contribution in [0.15, 0.2) is 24.3 Å². The second-order valence-electron chi connectivity index (χ2n) is 4.93. The van der Waals surface area contributed by atoms with Gasteiger partial charge in [-0.1, -0.05) is 12.1 Å². The molecule has 1 atom stereocenters. The molecule has 1 aliphatic heterocycles. The van der Waals surface area contributed by atoms with Crippen molar-refractivity contribution >= 4 is 5.97 Å². The van der Waals surface area contributed by atoms with E-state index in [0.717, 1.165) is 12.1 Å². The maximum absolute atomic E-state index is 12.7. The SMILES string of the molecule is O=C(O)CCN1CCO[C@@H](c2cccc(C(F)(F)F)c2)C1. The smallest absolute Gasteiger partial charge is 0.416 e. The highest BCUT2D eigenvalue weighted by molar-refractivity contribution is 5.66. The Labute approximate surface area is 120 Å². The summed E-state index contributed by atoms with van der Waals surface area (Å²) in [6, 6.07) is 5.07. The number of hydrogen-bond acceptors (Lipinski definition) is 3. The van der Waals surface area contributed by atoms with Crippen molar-refractivity contribution in [3.05, 3.63) is 35.4 Å². The second-order valence-corrected chi connectivity index (χ2v) is 4.93. The van der Waals surface area contributed by atoms with Gasteiger partial charge >= 0.3 is 12.1 Å². The summed E-state index contributed by atoms with van der Waals surface area (Å²) < 4.78 is 43.6. The minimum Gasteiger partial charge on any atom is -0.481 e. The number of carbonyl (C=O) groups is 1. The highest BCUT2D eigenvalue weighted by Gasteiger charge is 2.31. The van der Waals surface area contributed by atoms with Gasteiger partial charge in [-0.3, -0.25) is 9.69 Å².